The van der Waals surface area contributed by atoms with Crippen LogP contribution in [0.4, 0.5) is 0 Å². The molecule has 2 aliphatic heterocycles. The van der Waals surface area contributed by atoms with Gasteiger partial charge in [-0.15, -0.1) is 0 Å². The third-order valence-electron chi connectivity index (χ3n) is 5.47. The zero-order valence-electron chi connectivity index (χ0n) is 14.9. The molecular formula is C20H23N3O3. The van der Waals surface area contributed by atoms with E-state index in [1.807, 2.05) is 27.7 Å². The van der Waals surface area contributed by atoms with Crippen LogP contribution in [0.5, 0.6) is 0 Å². The molecule has 0 radical (unpaired) electrons. The van der Waals surface area contributed by atoms with Crippen molar-refractivity contribution in [2.45, 2.75) is 32.2 Å². The first-order valence-electron chi connectivity index (χ1n) is 9.12. The monoisotopic (exact) mass is 353 g/mol. The van der Waals surface area contributed by atoms with Gasteiger partial charge in [0, 0.05) is 68.5 Å². The van der Waals surface area contributed by atoms with Crippen LogP contribution in [0.2, 0.25) is 0 Å². The number of aromatic nitrogens is 2. The molecule has 0 aromatic carbocycles. The number of hydrogen-bond donors (Lipinski definition) is 1. The third kappa shape index (κ3) is 3.05. The average molecular weight is 353 g/mol. The fourth-order valence-electron chi connectivity index (χ4n) is 4.26. The van der Waals surface area contributed by atoms with Gasteiger partial charge in [-0.2, -0.15) is 0 Å². The van der Waals surface area contributed by atoms with Crippen molar-refractivity contribution in [2.24, 2.45) is 5.92 Å². The molecule has 1 N–H and O–H groups in total. The molecule has 0 unspecified atom stereocenters. The summed E-state index contributed by atoms with van der Waals surface area (Å²) < 4.78 is 1.87. The molecular weight excluding hydrogens is 330 g/mol. The van der Waals surface area contributed by atoms with Crippen LogP contribution in [0, 0.1) is 5.92 Å². The fourth-order valence-corrected chi connectivity index (χ4v) is 4.26. The number of aliphatic hydroxyl groups excluding tert-OH is 1. The van der Waals surface area contributed by atoms with Gasteiger partial charge in [0.15, 0.2) is 0 Å². The first-order chi connectivity index (χ1) is 12.5. The van der Waals surface area contributed by atoms with Crippen LogP contribution in [0.1, 0.15) is 30.7 Å². The van der Waals surface area contributed by atoms with Crippen molar-refractivity contribution < 1.29 is 9.90 Å². The number of nitrogens with zero attached hydrogens (tertiary/aromatic N) is 3. The molecule has 2 bridgehead atoms. The van der Waals surface area contributed by atoms with Crippen LogP contribution < -0.4 is 5.56 Å². The predicted octanol–water partition coefficient (Wildman–Crippen LogP) is 1.41. The normalized spacial score (nSPS) is 21.4. The Morgan fingerprint density at radius 1 is 1.27 bits per heavy atom. The highest BCUT2D eigenvalue weighted by Gasteiger charge is 2.35. The quantitative estimate of drug-likeness (QED) is 0.905. The molecule has 4 heterocycles. The van der Waals surface area contributed by atoms with Crippen molar-refractivity contribution in [3.05, 3.63) is 52.1 Å². The summed E-state index contributed by atoms with van der Waals surface area (Å²) in [5.74, 6) is 0.643. The van der Waals surface area contributed by atoms with Gasteiger partial charge in [0.05, 0.1) is 5.69 Å². The second-order valence-electron chi connectivity index (χ2n) is 7.33. The maximum absolute atomic E-state index is 12.7. The maximum atomic E-state index is 12.7. The molecule has 1 amide bonds. The number of amides is 1. The highest BCUT2D eigenvalue weighted by molar-refractivity contribution is 5.73. The van der Waals surface area contributed by atoms with Gasteiger partial charge in [-0.05, 0) is 30.5 Å². The summed E-state index contributed by atoms with van der Waals surface area (Å²) in [6.07, 6.45) is 1.51. The summed E-state index contributed by atoms with van der Waals surface area (Å²) in [4.78, 5) is 31.0. The Hall–Kier alpha value is -2.47. The number of carbonyl (C=O) groups is 1. The lowest BCUT2D eigenvalue weighted by Gasteiger charge is -2.42. The second kappa shape index (κ2) is 6.68. The first kappa shape index (κ1) is 17.0. The first-order valence-corrected chi connectivity index (χ1v) is 9.12. The van der Waals surface area contributed by atoms with Crippen molar-refractivity contribution in [1.82, 2.24) is 14.5 Å². The van der Waals surface area contributed by atoms with E-state index in [-0.39, 0.29) is 24.0 Å². The Morgan fingerprint density at radius 3 is 2.88 bits per heavy atom. The molecule has 2 aromatic heterocycles. The predicted molar refractivity (Wildman–Crippen MR) is 97.8 cm³/mol. The molecule has 26 heavy (non-hydrogen) atoms. The van der Waals surface area contributed by atoms with Crippen LogP contribution in [0.15, 0.2) is 35.1 Å². The number of carbonyl (C=O) groups excluding carboxylic acids is 1. The van der Waals surface area contributed by atoms with Crippen molar-refractivity contribution in [2.75, 3.05) is 19.7 Å². The number of rotatable bonds is 3. The fraction of sp³-hybridized carbons (Fsp3) is 0.450. The van der Waals surface area contributed by atoms with E-state index >= 15 is 0 Å². The molecule has 1 fully saturated rings. The molecule has 0 spiro atoms. The number of hydrogen-bond acceptors (Lipinski definition) is 4. The van der Waals surface area contributed by atoms with Gasteiger partial charge < -0.3 is 14.6 Å². The number of fused-ring (bicyclic) bond motifs is 4. The summed E-state index contributed by atoms with van der Waals surface area (Å²) in [7, 11) is 0. The van der Waals surface area contributed by atoms with Gasteiger partial charge in [0.1, 0.15) is 0 Å². The van der Waals surface area contributed by atoms with Crippen molar-refractivity contribution in [1.29, 1.82) is 0 Å². The highest BCUT2D eigenvalue weighted by Crippen LogP contribution is 2.36. The van der Waals surface area contributed by atoms with Crippen LogP contribution in [-0.2, 0) is 17.8 Å². The average Bonchev–Trinajstić information content (AvgIpc) is 2.63. The Morgan fingerprint density at radius 2 is 2.12 bits per heavy atom. The molecule has 6 nitrogen and oxygen atoms in total. The van der Waals surface area contributed by atoms with E-state index in [1.54, 1.807) is 13.0 Å². The van der Waals surface area contributed by atoms with Gasteiger partial charge >= 0.3 is 0 Å². The molecule has 136 valence electrons. The van der Waals surface area contributed by atoms with Crippen LogP contribution in [0.25, 0.3) is 11.3 Å². The Bertz CT molecular complexity index is 905. The SMILES string of the molecule is CC(=O)N1C[C@@H]2C[C@H](C1)c1cc(-c3cccc(CCO)n3)cc(=O)n1C2. The smallest absolute Gasteiger partial charge is 0.251 e. The standard InChI is InChI=1S/C20H23N3O3/c1-13(25)22-10-14-7-16(12-22)19-8-15(9-20(26)23(19)11-14)18-4-2-3-17(21-18)5-6-24/h2-4,8-9,14,16,24H,5-7,10-12H2,1H3/t14-,16+/m0/s1. The van der Waals surface area contributed by atoms with E-state index < -0.39 is 0 Å². The van der Waals surface area contributed by atoms with Crippen molar-refractivity contribution in [3.63, 3.8) is 0 Å². The van der Waals surface area contributed by atoms with Crippen LogP contribution >= 0.6 is 0 Å². The lowest BCUT2D eigenvalue weighted by atomic mass is 9.82. The van der Waals surface area contributed by atoms with Gasteiger partial charge in [-0.25, -0.2) is 0 Å². The number of likely N-dealkylation sites (tertiary alicyclic amines) is 1. The van der Waals surface area contributed by atoms with E-state index in [0.29, 0.717) is 25.4 Å². The minimum absolute atomic E-state index is 0.00200. The van der Waals surface area contributed by atoms with Gasteiger partial charge in [-0.1, -0.05) is 6.07 Å². The zero-order chi connectivity index (χ0) is 18.3. The van der Waals surface area contributed by atoms with E-state index in [2.05, 4.69) is 11.1 Å². The van der Waals surface area contributed by atoms with Gasteiger partial charge in [0.25, 0.3) is 5.56 Å². The Labute approximate surface area is 152 Å². The molecule has 4 rings (SSSR count). The molecule has 0 aliphatic carbocycles. The zero-order valence-corrected chi connectivity index (χ0v) is 14.9. The lowest BCUT2D eigenvalue weighted by molar-refractivity contribution is -0.131. The molecule has 2 aliphatic rings. The van der Waals surface area contributed by atoms with Gasteiger partial charge in [-0.3, -0.25) is 14.6 Å². The van der Waals surface area contributed by atoms with E-state index in [0.717, 1.165) is 35.6 Å². The van der Waals surface area contributed by atoms with E-state index in [1.165, 1.54) is 0 Å². The minimum atomic E-state index is -0.00200. The maximum Gasteiger partial charge on any atom is 0.251 e. The van der Waals surface area contributed by atoms with Crippen LogP contribution in [0.3, 0.4) is 0 Å². The number of piperidine rings is 1. The topological polar surface area (TPSA) is 75.4 Å². The lowest BCUT2D eigenvalue weighted by Crippen LogP contribution is -2.48. The summed E-state index contributed by atoms with van der Waals surface area (Å²) in [6, 6.07) is 9.37. The summed E-state index contributed by atoms with van der Waals surface area (Å²) in [5, 5.41) is 9.13. The Kier molecular flexibility index (Phi) is 4.36. The highest BCUT2D eigenvalue weighted by atomic mass is 16.3. The summed E-state index contributed by atoms with van der Waals surface area (Å²) in [6.45, 7) is 3.75. The second-order valence-corrected chi connectivity index (χ2v) is 7.33. The largest absolute Gasteiger partial charge is 0.396 e. The molecule has 2 aromatic rings. The molecule has 2 atom stereocenters. The molecule has 1 saturated heterocycles. The van der Waals surface area contributed by atoms with E-state index in [9.17, 15) is 9.59 Å². The Balaban J connectivity index is 1.74. The van der Waals surface area contributed by atoms with Crippen molar-refractivity contribution in [3.8, 4) is 11.3 Å². The molecule has 6 heteroatoms. The number of aliphatic hydroxyl groups is 1. The van der Waals surface area contributed by atoms with E-state index in [4.69, 9.17) is 5.11 Å². The van der Waals surface area contributed by atoms with Crippen molar-refractivity contribution >= 4 is 5.91 Å². The third-order valence-corrected chi connectivity index (χ3v) is 5.47. The van der Waals surface area contributed by atoms with Gasteiger partial charge in [0.2, 0.25) is 5.91 Å². The molecule has 0 saturated carbocycles. The summed E-state index contributed by atoms with van der Waals surface area (Å²) in [5.41, 5.74) is 3.36. The minimum Gasteiger partial charge on any atom is -0.396 e. The van der Waals surface area contributed by atoms with Crippen LogP contribution in [-0.4, -0.2) is 45.2 Å². The number of pyridine rings is 2. The summed E-state index contributed by atoms with van der Waals surface area (Å²) >= 11 is 0.